The zero-order chi connectivity index (χ0) is 15.3. The third kappa shape index (κ3) is 3.98. The van der Waals surface area contributed by atoms with Gasteiger partial charge < -0.3 is 15.7 Å². The highest BCUT2D eigenvalue weighted by molar-refractivity contribution is 5.90. The number of carboxylic acid groups (broad SMARTS) is 1. The number of anilines is 1. The van der Waals surface area contributed by atoms with Gasteiger partial charge in [-0.2, -0.15) is 0 Å². The summed E-state index contributed by atoms with van der Waals surface area (Å²) in [5.74, 6) is -0.910. The topological polar surface area (TPSA) is 78.4 Å². The van der Waals surface area contributed by atoms with Crippen molar-refractivity contribution in [3.05, 3.63) is 29.3 Å². The lowest BCUT2D eigenvalue weighted by Gasteiger charge is -2.23. The van der Waals surface area contributed by atoms with Crippen LogP contribution < -0.4 is 10.6 Å². The van der Waals surface area contributed by atoms with Crippen LogP contribution in [0.3, 0.4) is 0 Å². The predicted molar refractivity (Wildman–Crippen MR) is 79.0 cm³/mol. The number of benzene rings is 1. The van der Waals surface area contributed by atoms with E-state index in [4.69, 9.17) is 5.11 Å². The number of hydrogen-bond donors (Lipinski definition) is 3. The van der Waals surface area contributed by atoms with Crippen molar-refractivity contribution in [1.82, 2.24) is 5.32 Å². The predicted octanol–water partition coefficient (Wildman–Crippen LogP) is 2.93. The van der Waals surface area contributed by atoms with Gasteiger partial charge in [0.2, 0.25) is 0 Å². The minimum Gasteiger partial charge on any atom is -0.481 e. The minimum atomic E-state index is -0.945. The number of urea groups is 1. The highest BCUT2D eigenvalue weighted by Gasteiger charge is 2.31. The van der Waals surface area contributed by atoms with Gasteiger partial charge in [0, 0.05) is 12.2 Å². The van der Waals surface area contributed by atoms with Crippen LogP contribution in [0.15, 0.2) is 18.2 Å². The molecular weight excluding hydrogens is 256 g/mol. The number of carbonyl (C=O) groups excluding carboxylic acids is 1. The molecule has 5 heteroatoms. The lowest BCUT2D eigenvalue weighted by Crippen LogP contribution is -2.42. The van der Waals surface area contributed by atoms with Gasteiger partial charge in [0.05, 0.1) is 5.41 Å². The second kappa shape index (κ2) is 6.41. The van der Waals surface area contributed by atoms with Crippen molar-refractivity contribution in [2.24, 2.45) is 5.41 Å². The van der Waals surface area contributed by atoms with E-state index in [9.17, 15) is 9.59 Å². The summed E-state index contributed by atoms with van der Waals surface area (Å²) in [5.41, 5.74) is 1.80. The molecule has 0 radical (unpaired) electrons. The lowest BCUT2D eigenvalue weighted by atomic mass is 9.88. The molecule has 0 aliphatic heterocycles. The Kier molecular flexibility index (Phi) is 5.13. The van der Waals surface area contributed by atoms with Gasteiger partial charge in [0.25, 0.3) is 0 Å². The SMILES string of the molecule is CCC(C)(CNC(=O)Nc1cc(C)ccc1C)C(=O)O. The fraction of sp³-hybridized carbons (Fsp3) is 0.467. The molecule has 1 rings (SSSR count). The zero-order valence-corrected chi connectivity index (χ0v) is 12.4. The maximum atomic E-state index is 11.8. The molecule has 0 bridgehead atoms. The molecule has 3 N–H and O–H groups in total. The van der Waals surface area contributed by atoms with E-state index in [2.05, 4.69) is 10.6 Å². The van der Waals surface area contributed by atoms with Gasteiger partial charge in [-0.1, -0.05) is 19.1 Å². The third-order valence-corrected chi connectivity index (χ3v) is 3.58. The Morgan fingerprint density at radius 2 is 1.95 bits per heavy atom. The molecule has 5 nitrogen and oxygen atoms in total. The molecular formula is C15H22N2O3. The molecule has 1 aromatic carbocycles. The van der Waals surface area contributed by atoms with Crippen LogP contribution in [0.4, 0.5) is 10.5 Å². The molecule has 0 aliphatic carbocycles. The van der Waals surface area contributed by atoms with E-state index in [1.807, 2.05) is 32.0 Å². The van der Waals surface area contributed by atoms with Crippen molar-refractivity contribution in [3.8, 4) is 0 Å². The summed E-state index contributed by atoms with van der Waals surface area (Å²) in [6.45, 7) is 7.35. The number of hydrogen-bond acceptors (Lipinski definition) is 2. The van der Waals surface area contributed by atoms with E-state index in [0.29, 0.717) is 6.42 Å². The van der Waals surface area contributed by atoms with Crippen LogP contribution in [-0.2, 0) is 4.79 Å². The van der Waals surface area contributed by atoms with E-state index in [-0.39, 0.29) is 12.6 Å². The van der Waals surface area contributed by atoms with Gasteiger partial charge in [0.15, 0.2) is 0 Å². The van der Waals surface area contributed by atoms with Crippen molar-refractivity contribution in [2.45, 2.75) is 34.1 Å². The molecule has 0 saturated carbocycles. The van der Waals surface area contributed by atoms with E-state index >= 15 is 0 Å². The van der Waals surface area contributed by atoms with Crippen molar-refractivity contribution >= 4 is 17.7 Å². The first-order chi connectivity index (χ1) is 9.28. The largest absolute Gasteiger partial charge is 0.481 e. The highest BCUT2D eigenvalue weighted by atomic mass is 16.4. The van der Waals surface area contributed by atoms with E-state index in [0.717, 1.165) is 16.8 Å². The van der Waals surface area contributed by atoms with Crippen LogP contribution in [0, 0.1) is 19.3 Å². The highest BCUT2D eigenvalue weighted by Crippen LogP contribution is 2.20. The number of rotatable bonds is 5. The minimum absolute atomic E-state index is 0.0928. The Balaban J connectivity index is 2.65. The van der Waals surface area contributed by atoms with E-state index < -0.39 is 11.4 Å². The first kappa shape index (κ1) is 16.0. The molecule has 1 aromatic rings. The summed E-state index contributed by atoms with van der Waals surface area (Å²) in [6, 6.07) is 5.39. The summed E-state index contributed by atoms with van der Waals surface area (Å²) < 4.78 is 0. The third-order valence-electron chi connectivity index (χ3n) is 3.58. The summed E-state index contributed by atoms with van der Waals surface area (Å²) in [5, 5.41) is 14.5. The maximum Gasteiger partial charge on any atom is 0.319 e. The fourth-order valence-corrected chi connectivity index (χ4v) is 1.66. The average molecular weight is 278 g/mol. The van der Waals surface area contributed by atoms with Gasteiger partial charge >= 0.3 is 12.0 Å². The Morgan fingerprint density at radius 1 is 1.30 bits per heavy atom. The number of aryl methyl sites for hydroxylation is 2. The number of aliphatic carboxylic acids is 1. The standard InChI is InChI=1S/C15H22N2O3/c1-5-15(4,13(18)19)9-16-14(20)17-12-8-10(2)6-7-11(12)3/h6-8H,5,9H2,1-4H3,(H,18,19)(H2,16,17,20). The summed E-state index contributed by atoms with van der Waals surface area (Å²) in [6.07, 6.45) is 0.450. The number of carboxylic acids is 1. The smallest absolute Gasteiger partial charge is 0.319 e. The monoisotopic (exact) mass is 278 g/mol. The molecule has 0 fully saturated rings. The van der Waals surface area contributed by atoms with Gasteiger partial charge in [-0.15, -0.1) is 0 Å². The quantitative estimate of drug-likeness (QED) is 0.775. The van der Waals surface area contributed by atoms with Crippen molar-refractivity contribution in [3.63, 3.8) is 0 Å². The Labute approximate surface area is 119 Å². The van der Waals surface area contributed by atoms with Crippen LogP contribution in [0.2, 0.25) is 0 Å². The second-order valence-corrected chi connectivity index (χ2v) is 5.35. The van der Waals surface area contributed by atoms with Crippen LogP contribution in [0.25, 0.3) is 0 Å². The Morgan fingerprint density at radius 3 is 2.50 bits per heavy atom. The zero-order valence-electron chi connectivity index (χ0n) is 12.4. The van der Waals surface area contributed by atoms with E-state index in [1.54, 1.807) is 13.8 Å². The van der Waals surface area contributed by atoms with Gasteiger partial charge in [0.1, 0.15) is 0 Å². The van der Waals surface area contributed by atoms with Crippen LogP contribution >= 0.6 is 0 Å². The van der Waals surface area contributed by atoms with Gasteiger partial charge in [-0.05, 0) is 44.4 Å². The molecule has 110 valence electrons. The summed E-state index contributed by atoms with van der Waals surface area (Å²) in [4.78, 5) is 23.0. The van der Waals surface area contributed by atoms with Gasteiger partial charge in [-0.25, -0.2) is 4.79 Å². The van der Waals surface area contributed by atoms with Crippen molar-refractivity contribution < 1.29 is 14.7 Å². The first-order valence-corrected chi connectivity index (χ1v) is 6.64. The van der Waals surface area contributed by atoms with Gasteiger partial charge in [-0.3, -0.25) is 4.79 Å². The Hall–Kier alpha value is -2.04. The van der Waals surface area contributed by atoms with Crippen molar-refractivity contribution in [2.75, 3.05) is 11.9 Å². The number of amides is 2. The molecule has 0 aromatic heterocycles. The maximum absolute atomic E-state index is 11.8. The molecule has 0 spiro atoms. The van der Waals surface area contributed by atoms with Crippen LogP contribution in [-0.4, -0.2) is 23.7 Å². The molecule has 0 aliphatic rings. The molecule has 1 unspecified atom stereocenters. The summed E-state index contributed by atoms with van der Waals surface area (Å²) in [7, 11) is 0. The molecule has 0 saturated heterocycles. The second-order valence-electron chi connectivity index (χ2n) is 5.35. The van der Waals surface area contributed by atoms with Crippen molar-refractivity contribution in [1.29, 1.82) is 0 Å². The molecule has 20 heavy (non-hydrogen) atoms. The lowest BCUT2D eigenvalue weighted by molar-refractivity contribution is -0.147. The number of carbonyl (C=O) groups is 2. The fourth-order valence-electron chi connectivity index (χ4n) is 1.66. The Bertz CT molecular complexity index is 514. The molecule has 2 amide bonds. The van der Waals surface area contributed by atoms with E-state index in [1.165, 1.54) is 0 Å². The average Bonchev–Trinajstić information content (AvgIpc) is 2.40. The first-order valence-electron chi connectivity index (χ1n) is 6.64. The van der Waals surface area contributed by atoms with Crippen LogP contribution in [0.5, 0.6) is 0 Å². The summed E-state index contributed by atoms with van der Waals surface area (Å²) >= 11 is 0. The number of nitrogens with one attached hydrogen (secondary N) is 2. The van der Waals surface area contributed by atoms with Crippen LogP contribution in [0.1, 0.15) is 31.4 Å². The molecule has 0 heterocycles. The normalized spacial score (nSPS) is 13.4. The molecule has 1 atom stereocenters.